The number of ether oxygens (including phenoxy) is 3. The maximum absolute atomic E-state index is 12.1. The highest BCUT2D eigenvalue weighted by Gasteiger charge is 2.15. The molecular formula is C17H26N2O4. The van der Waals surface area contributed by atoms with Crippen molar-refractivity contribution in [3.05, 3.63) is 23.3 Å². The lowest BCUT2D eigenvalue weighted by Crippen LogP contribution is -2.41. The van der Waals surface area contributed by atoms with Crippen LogP contribution in [0, 0.1) is 6.92 Å². The molecule has 0 bridgehead atoms. The van der Waals surface area contributed by atoms with Crippen molar-refractivity contribution in [2.24, 2.45) is 0 Å². The van der Waals surface area contributed by atoms with Crippen LogP contribution in [0.2, 0.25) is 0 Å². The minimum absolute atomic E-state index is 0.00104. The van der Waals surface area contributed by atoms with Crippen molar-refractivity contribution >= 4 is 5.91 Å². The van der Waals surface area contributed by atoms with E-state index in [-0.39, 0.29) is 5.91 Å². The summed E-state index contributed by atoms with van der Waals surface area (Å²) in [5, 5.41) is 2.97. The van der Waals surface area contributed by atoms with Gasteiger partial charge in [-0.25, -0.2) is 0 Å². The third-order valence-electron chi connectivity index (χ3n) is 4.07. The molecule has 1 N–H and O–H groups in total. The van der Waals surface area contributed by atoms with E-state index in [0.29, 0.717) is 18.7 Å². The molecule has 1 aromatic rings. The van der Waals surface area contributed by atoms with Crippen molar-refractivity contribution in [1.29, 1.82) is 0 Å². The molecule has 0 saturated carbocycles. The van der Waals surface area contributed by atoms with Gasteiger partial charge in [-0.15, -0.1) is 0 Å². The zero-order valence-corrected chi connectivity index (χ0v) is 14.2. The number of nitrogens with zero attached hydrogens (tertiary/aromatic N) is 1. The van der Waals surface area contributed by atoms with E-state index in [4.69, 9.17) is 14.2 Å². The van der Waals surface area contributed by atoms with Crippen LogP contribution >= 0.6 is 0 Å². The van der Waals surface area contributed by atoms with Gasteiger partial charge in [-0.3, -0.25) is 9.69 Å². The summed E-state index contributed by atoms with van der Waals surface area (Å²) in [4.78, 5) is 14.4. The van der Waals surface area contributed by atoms with E-state index < -0.39 is 0 Å². The average Bonchev–Trinajstić information content (AvgIpc) is 2.56. The standard InChI is InChI=1S/C17H26N2O4/c1-13-15(21-2)5-4-14(17(13)22-3)12-16(20)18-6-7-19-8-10-23-11-9-19/h4-5H,6-12H2,1-3H3,(H,18,20). The molecule has 0 radical (unpaired) electrons. The van der Waals surface area contributed by atoms with Gasteiger partial charge in [0.25, 0.3) is 0 Å². The summed E-state index contributed by atoms with van der Waals surface area (Å²) in [7, 11) is 3.24. The van der Waals surface area contributed by atoms with E-state index in [2.05, 4.69) is 10.2 Å². The molecule has 1 aliphatic heterocycles. The van der Waals surface area contributed by atoms with Crippen molar-refractivity contribution < 1.29 is 19.0 Å². The third-order valence-corrected chi connectivity index (χ3v) is 4.07. The molecule has 0 aliphatic carbocycles. The number of nitrogens with one attached hydrogen (secondary N) is 1. The number of carbonyl (C=O) groups is 1. The second-order valence-electron chi connectivity index (χ2n) is 5.57. The molecule has 1 aliphatic rings. The van der Waals surface area contributed by atoms with E-state index in [0.717, 1.165) is 49.7 Å². The first-order chi connectivity index (χ1) is 11.2. The van der Waals surface area contributed by atoms with Crippen LogP contribution in [0.25, 0.3) is 0 Å². The first kappa shape index (κ1) is 17.6. The van der Waals surface area contributed by atoms with E-state index >= 15 is 0 Å². The molecule has 0 spiro atoms. The van der Waals surface area contributed by atoms with E-state index in [9.17, 15) is 4.79 Å². The van der Waals surface area contributed by atoms with Crippen LogP contribution in [0.4, 0.5) is 0 Å². The molecule has 1 aromatic carbocycles. The number of carbonyl (C=O) groups excluding carboxylic acids is 1. The van der Waals surface area contributed by atoms with Crippen LogP contribution in [-0.4, -0.2) is 64.4 Å². The van der Waals surface area contributed by atoms with Gasteiger partial charge in [0.15, 0.2) is 0 Å². The molecule has 0 aromatic heterocycles. The quantitative estimate of drug-likeness (QED) is 0.812. The molecule has 6 nitrogen and oxygen atoms in total. The van der Waals surface area contributed by atoms with Gasteiger partial charge in [0.2, 0.25) is 5.91 Å². The number of methoxy groups -OCH3 is 2. The highest BCUT2D eigenvalue weighted by atomic mass is 16.5. The van der Waals surface area contributed by atoms with Crippen LogP contribution in [-0.2, 0) is 16.0 Å². The van der Waals surface area contributed by atoms with Crippen LogP contribution in [0.1, 0.15) is 11.1 Å². The smallest absolute Gasteiger partial charge is 0.224 e. The van der Waals surface area contributed by atoms with Crippen molar-refractivity contribution in [3.8, 4) is 11.5 Å². The number of amides is 1. The molecule has 1 amide bonds. The Bertz CT molecular complexity index is 528. The highest BCUT2D eigenvalue weighted by molar-refractivity contribution is 5.79. The first-order valence-corrected chi connectivity index (χ1v) is 7.93. The summed E-state index contributed by atoms with van der Waals surface area (Å²) in [5.41, 5.74) is 1.78. The van der Waals surface area contributed by atoms with Crippen molar-refractivity contribution in [1.82, 2.24) is 10.2 Å². The second-order valence-corrected chi connectivity index (χ2v) is 5.57. The molecule has 1 heterocycles. The lowest BCUT2D eigenvalue weighted by atomic mass is 10.1. The predicted octanol–water partition coefficient (Wildman–Crippen LogP) is 1.00. The zero-order valence-electron chi connectivity index (χ0n) is 14.2. The summed E-state index contributed by atoms with van der Waals surface area (Å²) < 4.78 is 16.0. The van der Waals surface area contributed by atoms with Crippen LogP contribution < -0.4 is 14.8 Å². The van der Waals surface area contributed by atoms with Gasteiger partial charge in [0.1, 0.15) is 11.5 Å². The van der Waals surface area contributed by atoms with E-state index in [1.54, 1.807) is 14.2 Å². The van der Waals surface area contributed by atoms with Gasteiger partial charge in [-0.05, 0) is 13.0 Å². The minimum Gasteiger partial charge on any atom is -0.496 e. The molecule has 2 rings (SSSR count). The monoisotopic (exact) mass is 322 g/mol. The summed E-state index contributed by atoms with van der Waals surface area (Å²) in [6.45, 7) is 6.84. The molecule has 0 unspecified atom stereocenters. The zero-order chi connectivity index (χ0) is 16.7. The SMILES string of the molecule is COc1ccc(CC(=O)NCCN2CCOCC2)c(OC)c1C. The molecule has 1 saturated heterocycles. The van der Waals surface area contributed by atoms with Crippen LogP contribution in [0.15, 0.2) is 12.1 Å². The Morgan fingerprint density at radius 2 is 2.00 bits per heavy atom. The van der Waals surface area contributed by atoms with Gasteiger partial charge in [-0.2, -0.15) is 0 Å². The molecule has 23 heavy (non-hydrogen) atoms. The Balaban J connectivity index is 1.86. The summed E-state index contributed by atoms with van der Waals surface area (Å²) in [6.07, 6.45) is 0.303. The van der Waals surface area contributed by atoms with Gasteiger partial charge >= 0.3 is 0 Å². The fraction of sp³-hybridized carbons (Fsp3) is 0.588. The Morgan fingerprint density at radius 3 is 2.65 bits per heavy atom. The molecule has 128 valence electrons. The molecular weight excluding hydrogens is 296 g/mol. The number of rotatable bonds is 7. The summed E-state index contributed by atoms with van der Waals surface area (Å²) >= 11 is 0. The summed E-state index contributed by atoms with van der Waals surface area (Å²) in [6, 6.07) is 3.75. The van der Waals surface area contributed by atoms with Gasteiger partial charge in [0.05, 0.1) is 33.9 Å². The Hall–Kier alpha value is -1.79. The molecule has 0 atom stereocenters. The normalized spacial score (nSPS) is 15.3. The van der Waals surface area contributed by atoms with Gasteiger partial charge in [-0.1, -0.05) is 6.07 Å². The maximum atomic E-state index is 12.1. The average molecular weight is 322 g/mol. The Morgan fingerprint density at radius 1 is 1.26 bits per heavy atom. The van der Waals surface area contributed by atoms with Crippen molar-refractivity contribution in [2.75, 3.05) is 53.6 Å². The number of benzene rings is 1. The predicted molar refractivity (Wildman–Crippen MR) is 88.3 cm³/mol. The van der Waals surface area contributed by atoms with Gasteiger partial charge in [0, 0.05) is 37.3 Å². The minimum atomic E-state index is 0.00104. The molecule has 1 fully saturated rings. The van der Waals surface area contributed by atoms with Crippen molar-refractivity contribution in [3.63, 3.8) is 0 Å². The van der Waals surface area contributed by atoms with Crippen LogP contribution in [0.3, 0.4) is 0 Å². The van der Waals surface area contributed by atoms with Gasteiger partial charge < -0.3 is 19.5 Å². The fourth-order valence-electron chi connectivity index (χ4n) is 2.79. The Labute approximate surface area is 137 Å². The van der Waals surface area contributed by atoms with Crippen molar-refractivity contribution in [2.45, 2.75) is 13.3 Å². The second kappa shape index (κ2) is 8.74. The lowest BCUT2D eigenvalue weighted by molar-refractivity contribution is -0.120. The summed E-state index contributed by atoms with van der Waals surface area (Å²) in [5.74, 6) is 1.48. The number of morpholine rings is 1. The topological polar surface area (TPSA) is 60.0 Å². The van der Waals surface area contributed by atoms with E-state index in [1.807, 2.05) is 19.1 Å². The molecule has 6 heteroatoms. The third kappa shape index (κ3) is 4.84. The maximum Gasteiger partial charge on any atom is 0.224 e. The largest absolute Gasteiger partial charge is 0.496 e. The first-order valence-electron chi connectivity index (χ1n) is 7.93. The number of hydrogen-bond acceptors (Lipinski definition) is 5. The highest BCUT2D eigenvalue weighted by Crippen LogP contribution is 2.31. The Kier molecular flexibility index (Phi) is 6.67. The van der Waals surface area contributed by atoms with Crippen LogP contribution in [0.5, 0.6) is 11.5 Å². The number of hydrogen-bond donors (Lipinski definition) is 1. The lowest BCUT2D eigenvalue weighted by Gasteiger charge is -2.26. The van der Waals surface area contributed by atoms with E-state index in [1.165, 1.54) is 0 Å². The fourth-order valence-corrected chi connectivity index (χ4v) is 2.79.